The lowest BCUT2D eigenvalue weighted by atomic mass is 10.2. The molecule has 0 aliphatic rings. The van der Waals surface area contributed by atoms with E-state index in [2.05, 4.69) is 4.98 Å². The molecule has 0 N–H and O–H groups in total. The van der Waals surface area contributed by atoms with Crippen LogP contribution < -0.4 is 0 Å². The van der Waals surface area contributed by atoms with Crippen molar-refractivity contribution >= 4 is 29.0 Å². The predicted octanol–water partition coefficient (Wildman–Crippen LogP) is 2.29. The van der Waals surface area contributed by atoms with Gasteiger partial charge in [0.15, 0.2) is 17.1 Å². The molecule has 4 heteroatoms. The summed E-state index contributed by atoms with van der Waals surface area (Å²) in [4.78, 5) is 14.5. The number of furan rings is 1. The molecule has 0 unspecified atom stereocenters. The highest BCUT2D eigenvalue weighted by Gasteiger charge is 2.06. The second-order valence-electron chi connectivity index (χ2n) is 2.28. The lowest BCUT2D eigenvalue weighted by Crippen LogP contribution is -1.81. The zero-order chi connectivity index (χ0) is 8.55. The van der Waals surface area contributed by atoms with Crippen LogP contribution in [0.4, 0.5) is 0 Å². The Bertz CT molecular complexity index is 436. The van der Waals surface area contributed by atoms with Gasteiger partial charge in [-0.3, -0.25) is 9.78 Å². The standard InChI is InChI=1S/C8H4ClNO2/c9-7-3-6-8(12-7)5(4-11)1-2-10-6/h1-4H. The summed E-state index contributed by atoms with van der Waals surface area (Å²) >= 11 is 5.59. The first kappa shape index (κ1) is 7.31. The maximum absolute atomic E-state index is 10.5. The zero-order valence-electron chi connectivity index (χ0n) is 5.95. The highest BCUT2D eigenvalue weighted by Crippen LogP contribution is 2.22. The Labute approximate surface area is 73.0 Å². The smallest absolute Gasteiger partial charge is 0.196 e. The summed E-state index contributed by atoms with van der Waals surface area (Å²) in [5.41, 5.74) is 1.51. The van der Waals surface area contributed by atoms with Gasteiger partial charge < -0.3 is 4.42 Å². The van der Waals surface area contributed by atoms with E-state index in [9.17, 15) is 4.79 Å². The van der Waals surface area contributed by atoms with Crippen molar-refractivity contribution in [3.05, 3.63) is 29.1 Å². The molecular weight excluding hydrogens is 178 g/mol. The zero-order valence-corrected chi connectivity index (χ0v) is 6.71. The van der Waals surface area contributed by atoms with Crippen molar-refractivity contribution in [2.75, 3.05) is 0 Å². The van der Waals surface area contributed by atoms with Crippen molar-refractivity contribution in [2.45, 2.75) is 0 Å². The van der Waals surface area contributed by atoms with Gasteiger partial charge in [0.05, 0.1) is 5.56 Å². The number of carbonyl (C=O) groups excluding carboxylic acids is 1. The van der Waals surface area contributed by atoms with Crippen LogP contribution in [0.1, 0.15) is 10.4 Å². The summed E-state index contributed by atoms with van der Waals surface area (Å²) in [7, 11) is 0. The fourth-order valence-electron chi connectivity index (χ4n) is 1.02. The van der Waals surface area contributed by atoms with Crippen LogP contribution in [0.5, 0.6) is 0 Å². The summed E-state index contributed by atoms with van der Waals surface area (Å²) in [5, 5.41) is 0.242. The Balaban J connectivity index is 2.86. The average Bonchev–Trinajstić information content (AvgIpc) is 2.44. The minimum Gasteiger partial charge on any atom is -0.442 e. The second-order valence-corrected chi connectivity index (χ2v) is 2.66. The van der Waals surface area contributed by atoms with E-state index < -0.39 is 0 Å². The molecule has 0 spiro atoms. The molecule has 2 rings (SSSR count). The second kappa shape index (κ2) is 2.60. The van der Waals surface area contributed by atoms with Crippen LogP contribution in [0.15, 0.2) is 22.7 Å². The van der Waals surface area contributed by atoms with Gasteiger partial charge >= 0.3 is 0 Å². The number of hydrogen-bond acceptors (Lipinski definition) is 3. The van der Waals surface area contributed by atoms with Crippen molar-refractivity contribution in [3.8, 4) is 0 Å². The van der Waals surface area contributed by atoms with Gasteiger partial charge in [0.1, 0.15) is 5.52 Å². The number of halogens is 1. The molecule has 0 radical (unpaired) electrons. The largest absolute Gasteiger partial charge is 0.442 e. The summed E-state index contributed by atoms with van der Waals surface area (Å²) in [6.07, 6.45) is 2.25. The third-order valence-electron chi connectivity index (χ3n) is 1.54. The third-order valence-corrected chi connectivity index (χ3v) is 1.73. The summed E-state index contributed by atoms with van der Waals surface area (Å²) < 4.78 is 5.06. The molecule has 3 nitrogen and oxygen atoms in total. The monoisotopic (exact) mass is 181 g/mol. The van der Waals surface area contributed by atoms with Crippen molar-refractivity contribution in [3.63, 3.8) is 0 Å². The van der Waals surface area contributed by atoms with Crippen molar-refractivity contribution in [1.29, 1.82) is 0 Å². The summed E-state index contributed by atoms with van der Waals surface area (Å²) in [5.74, 6) is 0. The van der Waals surface area contributed by atoms with Crippen molar-refractivity contribution < 1.29 is 9.21 Å². The number of nitrogens with zero attached hydrogens (tertiary/aromatic N) is 1. The highest BCUT2D eigenvalue weighted by atomic mass is 35.5. The fourth-order valence-corrected chi connectivity index (χ4v) is 1.20. The predicted molar refractivity (Wildman–Crippen MR) is 44.4 cm³/mol. The lowest BCUT2D eigenvalue weighted by molar-refractivity contribution is 0.112. The molecule has 0 saturated heterocycles. The molecule has 60 valence electrons. The minimum absolute atomic E-state index is 0.242. The number of rotatable bonds is 1. The molecule has 0 aliphatic carbocycles. The van der Waals surface area contributed by atoms with Gasteiger partial charge in [0.2, 0.25) is 0 Å². The first-order valence-electron chi connectivity index (χ1n) is 3.30. The number of pyridine rings is 1. The number of fused-ring (bicyclic) bond motifs is 1. The Kier molecular flexibility index (Phi) is 1.59. The maximum Gasteiger partial charge on any atom is 0.196 e. The molecule has 2 heterocycles. The number of carbonyl (C=O) groups is 1. The Hall–Kier alpha value is -1.35. The Morgan fingerprint density at radius 2 is 2.42 bits per heavy atom. The number of aldehydes is 1. The van der Waals surface area contributed by atoms with E-state index in [-0.39, 0.29) is 5.22 Å². The van der Waals surface area contributed by atoms with Crippen LogP contribution in [0, 0.1) is 0 Å². The number of aromatic nitrogens is 1. The van der Waals surface area contributed by atoms with Gasteiger partial charge in [-0.05, 0) is 17.7 Å². The van der Waals surface area contributed by atoms with Crippen LogP contribution in [0.25, 0.3) is 11.1 Å². The van der Waals surface area contributed by atoms with Gasteiger partial charge in [-0.1, -0.05) is 0 Å². The number of hydrogen-bond donors (Lipinski definition) is 0. The van der Waals surface area contributed by atoms with Gasteiger partial charge in [-0.2, -0.15) is 0 Å². The summed E-state index contributed by atoms with van der Waals surface area (Å²) in [6.45, 7) is 0. The summed E-state index contributed by atoms with van der Waals surface area (Å²) in [6, 6.07) is 3.15. The molecule has 2 aromatic rings. The molecule has 0 atom stereocenters. The van der Waals surface area contributed by atoms with E-state index in [1.807, 2.05) is 0 Å². The first-order valence-corrected chi connectivity index (χ1v) is 3.68. The lowest BCUT2D eigenvalue weighted by Gasteiger charge is -1.89. The van der Waals surface area contributed by atoms with Gasteiger partial charge in [0.25, 0.3) is 0 Å². The Morgan fingerprint density at radius 1 is 1.58 bits per heavy atom. The minimum atomic E-state index is 0.242. The van der Waals surface area contributed by atoms with E-state index >= 15 is 0 Å². The van der Waals surface area contributed by atoms with E-state index in [4.69, 9.17) is 16.0 Å². The van der Waals surface area contributed by atoms with Crippen LogP contribution in [-0.4, -0.2) is 11.3 Å². The van der Waals surface area contributed by atoms with Gasteiger partial charge in [-0.15, -0.1) is 0 Å². The quantitative estimate of drug-likeness (QED) is 0.634. The van der Waals surface area contributed by atoms with Crippen molar-refractivity contribution in [1.82, 2.24) is 4.98 Å². The normalized spacial score (nSPS) is 10.4. The molecule has 0 fully saturated rings. The van der Waals surface area contributed by atoms with Crippen LogP contribution in [0.2, 0.25) is 5.22 Å². The van der Waals surface area contributed by atoms with Crippen LogP contribution in [0.3, 0.4) is 0 Å². The third kappa shape index (κ3) is 0.987. The SMILES string of the molecule is O=Cc1ccnc2cc(Cl)oc12. The Morgan fingerprint density at radius 3 is 3.17 bits per heavy atom. The average molecular weight is 182 g/mol. The van der Waals surface area contributed by atoms with Gasteiger partial charge in [0, 0.05) is 12.3 Å². The van der Waals surface area contributed by atoms with Crippen LogP contribution >= 0.6 is 11.6 Å². The fraction of sp³-hybridized carbons (Fsp3) is 0. The maximum atomic E-state index is 10.5. The molecule has 12 heavy (non-hydrogen) atoms. The van der Waals surface area contributed by atoms with Gasteiger partial charge in [-0.25, -0.2) is 0 Å². The van der Waals surface area contributed by atoms with E-state index in [0.717, 1.165) is 0 Å². The van der Waals surface area contributed by atoms with E-state index in [1.54, 1.807) is 12.1 Å². The molecule has 0 saturated carbocycles. The molecule has 0 aromatic carbocycles. The first-order chi connectivity index (χ1) is 5.81. The molecule has 0 aliphatic heterocycles. The van der Waals surface area contributed by atoms with Crippen LogP contribution in [-0.2, 0) is 0 Å². The van der Waals surface area contributed by atoms with E-state index in [1.165, 1.54) is 6.20 Å². The topological polar surface area (TPSA) is 43.1 Å². The molecule has 0 bridgehead atoms. The highest BCUT2D eigenvalue weighted by molar-refractivity contribution is 6.29. The molecule has 0 amide bonds. The molecular formula is C8H4ClNO2. The van der Waals surface area contributed by atoms with E-state index in [0.29, 0.717) is 22.9 Å². The van der Waals surface area contributed by atoms with Crippen molar-refractivity contribution in [2.24, 2.45) is 0 Å². The molecule has 2 aromatic heterocycles.